The van der Waals surface area contributed by atoms with Crippen molar-refractivity contribution in [3.63, 3.8) is 0 Å². The van der Waals surface area contributed by atoms with E-state index >= 15 is 0 Å². The molecule has 0 aliphatic carbocycles. The minimum atomic E-state index is -4.47. The van der Waals surface area contributed by atoms with Gasteiger partial charge in [0.15, 0.2) is 0 Å². The molecule has 0 aliphatic heterocycles. The molecule has 0 saturated heterocycles. The number of halogens is 3. The number of hydrogen-bond acceptors (Lipinski definition) is 2. The van der Waals surface area contributed by atoms with Gasteiger partial charge in [-0.15, -0.1) is 0 Å². The zero-order valence-corrected chi connectivity index (χ0v) is 14.2. The summed E-state index contributed by atoms with van der Waals surface area (Å²) in [6.45, 7) is 2.41. The van der Waals surface area contributed by atoms with Crippen molar-refractivity contribution in [2.75, 3.05) is 11.9 Å². The highest BCUT2D eigenvalue weighted by Crippen LogP contribution is 2.23. The molecular formula is C19H21F3N2O. The van der Waals surface area contributed by atoms with E-state index in [0.717, 1.165) is 4.90 Å². The van der Waals surface area contributed by atoms with Crippen LogP contribution in [-0.2, 0) is 6.54 Å². The second kappa shape index (κ2) is 8.05. The summed E-state index contributed by atoms with van der Waals surface area (Å²) in [5.74, 6) is -0.648. The van der Waals surface area contributed by atoms with Gasteiger partial charge in [0, 0.05) is 18.3 Å². The van der Waals surface area contributed by atoms with Crippen LogP contribution in [0.1, 0.15) is 29.8 Å². The lowest BCUT2D eigenvalue weighted by atomic mass is 10.1. The van der Waals surface area contributed by atoms with Gasteiger partial charge in [0.05, 0.1) is 5.56 Å². The van der Waals surface area contributed by atoms with Crippen LogP contribution in [0.3, 0.4) is 0 Å². The molecule has 0 aliphatic rings. The van der Waals surface area contributed by atoms with Crippen LogP contribution in [0, 0.1) is 0 Å². The third kappa shape index (κ3) is 5.81. The lowest BCUT2D eigenvalue weighted by Crippen LogP contribution is -2.38. The van der Waals surface area contributed by atoms with Crippen molar-refractivity contribution in [3.05, 3.63) is 65.7 Å². The number of benzene rings is 2. The number of carbonyl (C=O) groups excluding carboxylic acids is 1. The highest BCUT2D eigenvalue weighted by atomic mass is 19.4. The molecule has 0 bridgehead atoms. The second-order valence-corrected chi connectivity index (χ2v) is 6.11. The minimum Gasteiger partial charge on any atom is -0.382 e. The summed E-state index contributed by atoms with van der Waals surface area (Å²) in [4.78, 5) is 13.6. The quantitative estimate of drug-likeness (QED) is 0.818. The van der Waals surface area contributed by atoms with E-state index in [-0.39, 0.29) is 18.2 Å². The second-order valence-electron chi connectivity index (χ2n) is 6.11. The minimum absolute atomic E-state index is 0.0548. The van der Waals surface area contributed by atoms with E-state index in [0.29, 0.717) is 11.3 Å². The van der Waals surface area contributed by atoms with Crippen molar-refractivity contribution in [3.8, 4) is 0 Å². The van der Waals surface area contributed by atoms with Gasteiger partial charge in [0.2, 0.25) is 0 Å². The average Bonchev–Trinajstić information content (AvgIpc) is 2.53. The Morgan fingerprint density at radius 3 is 2.24 bits per heavy atom. The molecule has 0 fully saturated rings. The number of rotatable bonds is 6. The average molecular weight is 350 g/mol. The van der Waals surface area contributed by atoms with E-state index in [1.807, 2.05) is 13.8 Å². The van der Waals surface area contributed by atoms with Gasteiger partial charge in [0.1, 0.15) is 6.54 Å². The first-order chi connectivity index (χ1) is 11.8. The number of alkyl halides is 3. The van der Waals surface area contributed by atoms with Crippen molar-refractivity contribution in [2.24, 2.45) is 0 Å². The van der Waals surface area contributed by atoms with Gasteiger partial charge in [-0.3, -0.25) is 4.79 Å². The molecule has 0 saturated carbocycles. The predicted octanol–water partition coefficient (Wildman–Crippen LogP) is 4.71. The van der Waals surface area contributed by atoms with Crippen LogP contribution in [0.15, 0.2) is 54.6 Å². The molecule has 2 rings (SSSR count). The molecule has 3 nitrogen and oxygen atoms in total. The molecule has 1 amide bonds. The Labute approximate surface area is 145 Å². The van der Waals surface area contributed by atoms with E-state index in [2.05, 4.69) is 5.32 Å². The van der Waals surface area contributed by atoms with E-state index in [9.17, 15) is 18.0 Å². The first kappa shape index (κ1) is 18.8. The molecule has 2 aromatic rings. The maximum Gasteiger partial charge on any atom is 0.406 e. The smallest absolute Gasteiger partial charge is 0.382 e. The summed E-state index contributed by atoms with van der Waals surface area (Å²) < 4.78 is 39.0. The Bertz CT molecular complexity index is 699. The zero-order valence-electron chi connectivity index (χ0n) is 14.2. The normalized spacial score (nSPS) is 11.4. The first-order valence-corrected chi connectivity index (χ1v) is 8.02. The number of amides is 1. The molecule has 0 heterocycles. The van der Waals surface area contributed by atoms with Gasteiger partial charge < -0.3 is 10.2 Å². The summed E-state index contributed by atoms with van der Waals surface area (Å²) in [5, 5.41) is 3.11. The SMILES string of the molecule is CC(C)Nc1ccccc1C(=O)N(Cc1ccccc1)CC(F)(F)F. The van der Waals surface area contributed by atoms with Crippen molar-refractivity contribution in [1.82, 2.24) is 4.90 Å². The highest BCUT2D eigenvalue weighted by Gasteiger charge is 2.34. The predicted molar refractivity (Wildman–Crippen MR) is 92.4 cm³/mol. The van der Waals surface area contributed by atoms with Crippen LogP contribution in [0.5, 0.6) is 0 Å². The van der Waals surface area contributed by atoms with E-state index in [1.165, 1.54) is 0 Å². The first-order valence-electron chi connectivity index (χ1n) is 8.02. The van der Waals surface area contributed by atoms with Crippen LogP contribution < -0.4 is 5.32 Å². The molecule has 0 aromatic heterocycles. The van der Waals surface area contributed by atoms with Crippen LogP contribution in [0.4, 0.5) is 18.9 Å². The van der Waals surface area contributed by atoms with Crippen molar-refractivity contribution in [1.29, 1.82) is 0 Å². The fraction of sp³-hybridized carbons (Fsp3) is 0.316. The number of nitrogens with zero attached hydrogens (tertiary/aromatic N) is 1. The number of nitrogens with one attached hydrogen (secondary N) is 1. The van der Waals surface area contributed by atoms with Crippen LogP contribution >= 0.6 is 0 Å². The standard InChI is InChI=1S/C19H21F3N2O/c1-14(2)23-17-11-7-6-10-16(17)18(25)24(13-19(20,21)22)12-15-8-4-3-5-9-15/h3-11,14,23H,12-13H2,1-2H3. The Kier molecular flexibility index (Phi) is 6.07. The van der Waals surface area contributed by atoms with Crippen molar-refractivity contribution >= 4 is 11.6 Å². The molecule has 0 unspecified atom stereocenters. The molecule has 6 heteroatoms. The summed E-state index contributed by atoms with van der Waals surface area (Å²) >= 11 is 0. The van der Waals surface area contributed by atoms with Crippen molar-refractivity contribution in [2.45, 2.75) is 32.6 Å². The fourth-order valence-electron chi connectivity index (χ4n) is 2.50. The topological polar surface area (TPSA) is 32.3 Å². The Morgan fingerprint density at radius 1 is 1.04 bits per heavy atom. The highest BCUT2D eigenvalue weighted by molar-refractivity contribution is 5.99. The van der Waals surface area contributed by atoms with Crippen molar-refractivity contribution < 1.29 is 18.0 Å². The monoisotopic (exact) mass is 350 g/mol. The van der Waals surface area contributed by atoms with E-state index < -0.39 is 18.6 Å². The van der Waals surface area contributed by atoms with Crippen LogP contribution in [0.2, 0.25) is 0 Å². The molecule has 0 spiro atoms. The summed E-state index contributed by atoms with van der Waals surface area (Å²) in [6, 6.07) is 15.3. The number of carbonyl (C=O) groups is 1. The van der Waals surface area contributed by atoms with Gasteiger partial charge in [-0.1, -0.05) is 42.5 Å². The summed E-state index contributed by atoms with van der Waals surface area (Å²) in [6.07, 6.45) is -4.47. The van der Waals surface area contributed by atoms with Gasteiger partial charge in [-0.2, -0.15) is 13.2 Å². The molecule has 25 heavy (non-hydrogen) atoms. The Morgan fingerprint density at radius 2 is 1.64 bits per heavy atom. The summed E-state index contributed by atoms with van der Waals surface area (Å²) in [7, 11) is 0. The van der Waals surface area contributed by atoms with Crippen LogP contribution in [-0.4, -0.2) is 29.6 Å². The molecule has 134 valence electrons. The zero-order chi connectivity index (χ0) is 18.4. The molecule has 1 N–H and O–H groups in total. The van der Waals surface area contributed by atoms with Gasteiger partial charge in [-0.05, 0) is 31.5 Å². The van der Waals surface area contributed by atoms with E-state index in [4.69, 9.17) is 0 Å². The van der Waals surface area contributed by atoms with E-state index in [1.54, 1.807) is 54.6 Å². The van der Waals surface area contributed by atoms with Gasteiger partial charge in [0.25, 0.3) is 5.91 Å². The molecule has 0 atom stereocenters. The maximum absolute atomic E-state index is 13.0. The number of para-hydroxylation sites is 1. The largest absolute Gasteiger partial charge is 0.406 e. The molecular weight excluding hydrogens is 329 g/mol. The number of hydrogen-bond donors (Lipinski definition) is 1. The van der Waals surface area contributed by atoms with Gasteiger partial charge >= 0.3 is 6.18 Å². The van der Waals surface area contributed by atoms with Gasteiger partial charge in [-0.25, -0.2) is 0 Å². The molecule has 0 radical (unpaired) electrons. The third-order valence-electron chi connectivity index (χ3n) is 3.48. The fourth-order valence-corrected chi connectivity index (χ4v) is 2.50. The Hall–Kier alpha value is -2.50. The molecule has 2 aromatic carbocycles. The summed E-state index contributed by atoms with van der Waals surface area (Å²) in [5.41, 5.74) is 1.41. The number of anilines is 1. The van der Waals surface area contributed by atoms with Crippen LogP contribution in [0.25, 0.3) is 0 Å². The maximum atomic E-state index is 13.0. The Balaban J connectivity index is 2.32. The third-order valence-corrected chi connectivity index (χ3v) is 3.48. The lowest BCUT2D eigenvalue weighted by molar-refractivity contribution is -0.141. The lowest BCUT2D eigenvalue weighted by Gasteiger charge is -2.25.